The molecule has 1 aromatic carbocycles. The van der Waals surface area contributed by atoms with Crippen molar-refractivity contribution in [3.63, 3.8) is 0 Å². The van der Waals surface area contributed by atoms with E-state index < -0.39 is 0 Å². The second kappa shape index (κ2) is 5.26. The smallest absolute Gasteiger partial charge is 0.184 e. The fourth-order valence-corrected chi connectivity index (χ4v) is 2.88. The molecule has 3 rings (SSSR count). The monoisotopic (exact) mass is 305 g/mol. The molecule has 2 aromatic heterocycles. The molecule has 0 aliphatic carbocycles. The Morgan fingerprint density at radius 3 is 2.90 bits per heavy atom. The van der Waals surface area contributed by atoms with Crippen molar-refractivity contribution in [3.8, 4) is 16.3 Å². The van der Waals surface area contributed by atoms with E-state index >= 15 is 0 Å². The number of hydrogen-bond donors (Lipinski definition) is 1. The maximum atomic E-state index is 5.88. The van der Waals surface area contributed by atoms with Crippen molar-refractivity contribution in [2.75, 3.05) is 12.3 Å². The van der Waals surface area contributed by atoms with Gasteiger partial charge in [-0.1, -0.05) is 11.6 Å². The summed E-state index contributed by atoms with van der Waals surface area (Å²) in [5.74, 6) is 0.768. The topological polar surface area (TPSA) is 61.0 Å². The zero-order chi connectivity index (χ0) is 14.1. The summed E-state index contributed by atoms with van der Waals surface area (Å²) in [6.45, 7) is 2.53. The van der Waals surface area contributed by atoms with E-state index in [1.54, 1.807) is 6.20 Å². The minimum Gasteiger partial charge on any atom is -0.493 e. The van der Waals surface area contributed by atoms with Crippen LogP contribution in [0, 0.1) is 0 Å². The minimum atomic E-state index is 0.497. The zero-order valence-corrected chi connectivity index (χ0v) is 12.3. The number of benzene rings is 1. The summed E-state index contributed by atoms with van der Waals surface area (Å²) < 4.78 is 6.20. The first kappa shape index (κ1) is 13.1. The number of nitrogen functional groups attached to an aromatic ring is 1. The van der Waals surface area contributed by atoms with E-state index in [2.05, 4.69) is 9.97 Å². The second-order valence-corrected chi connectivity index (χ2v) is 5.81. The summed E-state index contributed by atoms with van der Waals surface area (Å²) in [4.78, 5) is 9.58. The van der Waals surface area contributed by atoms with Gasteiger partial charge in [0.15, 0.2) is 4.47 Å². The summed E-state index contributed by atoms with van der Waals surface area (Å²) in [6, 6.07) is 7.49. The van der Waals surface area contributed by atoms with Crippen LogP contribution in [0.15, 0.2) is 30.5 Å². The maximum Gasteiger partial charge on any atom is 0.184 e. The molecule has 0 aliphatic rings. The third kappa shape index (κ3) is 2.42. The highest BCUT2D eigenvalue weighted by Crippen LogP contribution is 2.34. The largest absolute Gasteiger partial charge is 0.493 e. The number of rotatable bonds is 3. The molecule has 0 aliphatic heterocycles. The Labute approximate surface area is 125 Å². The van der Waals surface area contributed by atoms with Crippen LogP contribution >= 0.6 is 22.9 Å². The van der Waals surface area contributed by atoms with E-state index in [1.165, 1.54) is 11.3 Å². The Bertz CT molecular complexity index is 772. The van der Waals surface area contributed by atoms with Gasteiger partial charge in [0, 0.05) is 23.3 Å². The number of ether oxygens (including phenoxy) is 1. The van der Waals surface area contributed by atoms with Crippen LogP contribution in [0.25, 0.3) is 21.5 Å². The van der Waals surface area contributed by atoms with E-state index in [4.69, 9.17) is 22.1 Å². The Hall–Kier alpha value is -1.85. The number of pyridine rings is 1. The van der Waals surface area contributed by atoms with Crippen molar-refractivity contribution in [2.45, 2.75) is 6.92 Å². The summed E-state index contributed by atoms with van der Waals surface area (Å²) in [5, 5.41) is 0.909. The Morgan fingerprint density at radius 2 is 2.20 bits per heavy atom. The highest BCUT2D eigenvalue weighted by Gasteiger charge is 2.11. The molecule has 0 amide bonds. The molecule has 0 atom stereocenters. The van der Waals surface area contributed by atoms with Crippen LogP contribution in [0.5, 0.6) is 5.75 Å². The lowest BCUT2D eigenvalue weighted by Gasteiger charge is -2.09. The molecule has 2 heterocycles. The molecule has 2 N–H and O–H groups in total. The fourth-order valence-electron chi connectivity index (χ4n) is 1.98. The average Bonchev–Trinajstić information content (AvgIpc) is 2.86. The maximum absolute atomic E-state index is 5.88. The van der Waals surface area contributed by atoms with Crippen LogP contribution in [0.2, 0.25) is 4.47 Å². The Kier molecular flexibility index (Phi) is 3.46. The molecular formula is C14H12ClN3OS. The van der Waals surface area contributed by atoms with Crippen LogP contribution in [-0.4, -0.2) is 16.6 Å². The van der Waals surface area contributed by atoms with E-state index in [9.17, 15) is 0 Å². The van der Waals surface area contributed by atoms with E-state index in [-0.39, 0.29) is 0 Å². The Morgan fingerprint density at radius 1 is 1.35 bits per heavy atom. The summed E-state index contributed by atoms with van der Waals surface area (Å²) in [5.41, 5.74) is 8.16. The lowest BCUT2D eigenvalue weighted by atomic mass is 10.1. The third-order valence-electron chi connectivity index (χ3n) is 2.82. The first-order chi connectivity index (χ1) is 9.67. The van der Waals surface area contributed by atoms with Crippen molar-refractivity contribution >= 4 is 39.5 Å². The van der Waals surface area contributed by atoms with Crippen molar-refractivity contribution in [1.29, 1.82) is 0 Å². The minimum absolute atomic E-state index is 0.497. The van der Waals surface area contributed by atoms with Gasteiger partial charge in [-0.3, -0.25) is 0 Å². The van der Waals surface area contributed by atoms with Gasteiger partial charge in [-0.05, 0) is 25.1 Å². The van der Waals surface area contributed by atoms with Crippen LogP contribution in [0.3, 0.4) is 0 Å². The van der Waals surface area contributed by atoms with Crippen molar-refractivity contribution in [2.24, 2.45) is 0 Å². The van der Waals surface area contributed by atoms with E-state index in [1.807, 2.05) is 31.2 Å². The molecule has 0 radical (unpaired) electrons. The number of nitrogens with two attached hydrogens (primary N) is 1. The van der Waals surface area contributed by atoms with Gasteiger partial charge in [-0.2, -0.15) is 0 Å². The molecule has 0 saturated heterocycles. The quantitative estimate of drug-likeness (QED) is 0.743. The highest BCUT2D eigenvalue weighted by molar-refractivity contribution is 7.18. The summed E-state index contributed by atoms with van der Waals surface area (Å²) in [6.07, 6.45) is 1.72. The normalized spacial score (nSPS) is 10.9. The van der Waals surface area contributed by atoms with Gasteiger partial charge in [0.2, 0.25) is 0 Å². The number of anilines is 1. The molecule has 6 heteroatoms. The Balaban J connectivity index is 2.22. The second-order valence-electron chi connectivity index (χ2n) is 4.19. The highest BCUT2D eigenvalue weighted by atomic mass is 35.5. The molecule has 0 spiro atoms. The molecular weight excluding hydrogens is 294 g/mol. The van der Waals surface area contributed by atoms with Crippen LogP contribution in [-0.2, 0) is 0 Å². The van der Waals surface area contributed by atoms with E-state index in [0.29, 0.717) is 16.8 Å². The SMILES string of the molecule is CCOc1cc(-c2cnc(Cl)s2)nc2ccc(N)cc12. The lowest BCUT2D eigenvalue weighted by Crippen LogP contribution is -1.96. The predicted octanol–water partition coefficient (Wildman–Crippen LogP) is 3.99. The molecule has 4 nitrogen and oxygen atoms in total. The molecule has 0 bridgehead atoms. The standard InChI is InChI=1S/C14H12ClN3OS/c1-2-19-12-6-11(13-7-17-14(15)20-13)18-10-4-3-8(16)5-9(10)12/h3-7H,2,16H2,1H3. The van der Waals surface area contributed by atoms with Gasteiger partial charge in [0.1, 0.15) is 5.75 Å². The number of halogens is 1. The molecule has 0 fully saturated rings. The van der Waals surface area contributed by atoms with Gasteiger partial charge < -0.3 is 10.5 Å². The van der Waals surface area contributed by atoms with Gasteiger partial charge >= 0.3 is 0 Å². The number of aromatic nitrogens is 2. The zero-order valence-electron chi connectivity index (χ0n) is 10.8. The third-order valence-corrected chi connectivity index (χ3v) is 3.96. The molecule has 0 saturated carbocycles. The number of hydrogen-bond acceptors (Lipinski definition) is 5. The van der Waals surface area contributed by atoms with Crippen molar-refractivity contribution in [3.05, 3.63) is 34.9 Å². The summed E-state index contributed by atoms with van der Waals surface area (Å²) in [7, 11) is 0. The molecule has 0 unspecified atom stereocenters. The van der Waals surface area contributed by atoms with Crippen LogP contribution in [0.1, 0.15) is 6.92 Å². The summed E-state index contributed by atoms with van der Waals surface area (Å²) >= 11 is 7.27. The average molecular weight is 306 g/mol. The van der Waals surface area contributed by atoms with Crippen molar-refractivity contribution < 1.29 is 4.74 Å². The van der Waals surface area contributed by atoms with Crippen molar-refractivity contribution in [1.82, 2.24) is 9.97 Å². The predicted molar refractivity (Wildman–Crippen MR) is 83.4 cm³/mol. The van der Waals surface area contributed by atoms with Gasteiger partial charge in [-0.15, -0.1) is 11.3 Å². The first-order valence-electron chi connectivity index (χ1n) is 6.12. The number of thiazole rings is 1. The van der Waals surface area contributed by atoms with Crippen LogP contribution < -0.4 is 10.5 Å². The first-order valence-corrected chi connectivity index (χ1v) is 7.31. The molecule has 3 aromatic rings. The van der Waals surface area contributed by atoms with Gasteiger partial charge in [0.05, 0.1) is 22.7 Å². The number of nitrogens with zero attached hydrogens (tertiary/aromatic N) is 2. The number of fused-ring (bicyclic) bond motifs is 1. The molecule has 20 heavy (non-hydrogen) atoms. The van der Waals surface area contributed by atoms with Gasteiger partial charge in [0.25, 0.3) is 0 Å². The molecule has 102 valence electrons. The van der Waals surface area contributed by atoms with E-state index in [0.717, 1.165) is 27.2 Å². The van der Waals surface area contributed by atoms with Gasteiger partial charge in [-0.25, -0.2) is 9.97 Å². The fraction of sp³-hybridized carbons (Fsp3) is 0.143. The lowest BCUT2D eigenvalue weighted by molar-refractivity contribution is 0.344. The van der Waals surface area contributed by atoms with Crippen LogP contribution in [0.4, 0.5) is 5.69 Å².